The van der Waals surface area contributed by atoms with E-state index in [1.807, 2.05) is 19.1 Å². The molecule has 1 fully saturated rings. The van der Waals surface area contributed by atoms with E-state index in [9.17, 15) is 9.90 Å². The van der Waals surface area contributed by atoms with Crippen LogP contribution in [0.25, 0.3) is 11.0 Å². The molecule has 1 aliphatic rings. The lowest BCUT2D eigenvalue weighted by Crippen LogP contribution is -2.45. The highest BCUT2D eigenvalue weighted by Gasteiger charge is 2.27. The molecule has 0 saturated heterocycles. The first-order valence-corrected chi connectivity index (χ1v) is 7.62. The standard InChI is InChI=1S/C16H18ClNO3/c1-9-10-5-4-6-11(17)15(10)21-14(9)16(20)18-12-7-2-3-8-13(12)19/h4-6,12-13,19H,2-3,7-8H2,1H3,(H,18,20). The number of hydrogen-bond acceptors (Lipinski definition) is 3. The largest absolute Gasteiger partial charge is 0.449 e. The van der Waals surface area contributed by atoms with E-state index in [1.165, 1.54) is 0 Å². The Kier molecular flexibility index (Phi) is 3.91. The number of amides is 1. The van der Waals surface area contributed by atoms with Crippen LogP contribution in [0.4, 0.5) is 0 Å². The fourth-order valence-corrected chi connectivity index (χ4v) is 3.15. The lowest BCUT2D eigenvalue weighted by atomic mass is 9.92. The zero-order valence-corrected chi connectivity index (χ0v) is 12.6. The second-order valence-electron chi connectivity index (χ2n) is 5.60. The topological polar surface area (TPSA) is 62.5 Å². The number of halogens is 1. The molecule has 3 rings (SSSR count). The Balaban J connectivity index is 1.88. The van der Waals surface area contributed by atoms with E-state index in [2.05, 4.69) is 5.32 Å². The third-order valence-electron chi connectivity index (χ3n) is 4.17. The summed E-state index contributed by atoms with van der Waals surface area (Å²) in [5.74, 6) is -0.0124. The van der Waals surface area contributed by atoms with Crippen LogP contribution in [-0.2, 0) is 0 Å². The quantitative estimate of drug-likeness (QED) is 0.893. The van der Waals surface area contributed by atoms with Crippen molar-refractivity contribution in [2.24, 2.45) is 0 Å². The molecule has 1 aliphatic carbocycles. The van der Waals surface area contributed by atoms with Crippen molar-refractivity contribution in [1.82, 2.24) is 5.32 Å². The summed E-state index contributed by atoms with van der Waals surface area (Å²) in [7, 11) is 0. The van der Waals surface area contributed by atoms with Gasteiger partial charge in [0.2, 0.25) is 0 Å². The molecule has 2 unspecified atom stereocenters. The van der Waals surface area contributed by atoms with Gasteiger partial charge < -0.3 is 14.8 Å². The Hall–Kier alpha value is -1.52. The SMILES string of the molecule is Cc1c(C(=O)NC2CCCCC2O)oc2c(Cl)cccc12. The van der Waals surface area contributed by atoms with Gasteiger partial charge in [-0.1, -0.05) is 36.6 Å². The van der Waals surface area contributed by atoms with Gasteiger partial charge in [0, 0.05) is 10.9 Å². The summed E-state index contributed by atoms with van der Waals surface area (Å²) in [5, 5.41) is 14.2. The lowest BCUT2D eigenvalue weighted by Gasteiger charge is -2.28. The molecule has 0 spiro atoms. The van der Waals surface area contributed by atoms with E-state index in [0.717, 1.165) is 36.6 Å². The number of nitrogens with one attached hydrogen (secondary N) is 1. The Morgan fingerprint density at radius 2 is 2.14 bits per heavy atom. The normalized spacial score (nSPS) is 22.4. The Morgan fingerprint density at radius 1 is 1.38 bits per heavy atom. The first-order valence-electron chi connectivity index (χ1n) is 7.24. The highest BCUT2D eigenvalue weighted by Crippen LogP contribution is 2.31. The number of carbonyl (C=O) groups is 1. The molecule has 1 aromatic carbocycles. The van der Waals surface area contributed by atoms with Crippen molar-refractivity contribution in [2.75, 3.05) is 0 Å². The van der Waals surface area contributed by atoms with Gasteiger partial charge >= 0.3 is 0 Å². The highest BCUT2D eigenvalue weighted by molar-refractivity contribution is 6.35. The summed E-state index contributed by atoms with van der Waals surface area (Å²) >= 11 is 6.10. The first kappa shape index (κ1) is 14.4. The molecule has 21 heavy (non-hydrogen) atoms. The Bertz CT molecular complexity index is 679. The van der Waals surface area contributed by atoms with E-state index < -0.39 is 6.10 Å². The van der Waals surface area contributed by atoms with E-state index >= 15 is 0 Å². The molecule has 0 radical (unpaired) electrons. The maximum absolute atomic E-state index is 12.4. The summed E-state index contributed by atoms with van der Waals surface area (Å²) in [6.07, 6.45) is 3.08. The van der Waals surface area contributed by atoms with Gasteiger partial charge in [-0.05, 0) is 25.8 Å². The molecule has 2 aromatic rings. The number of aryl methyl sites for hydroxylation is 1. The smallest absolute Gasteiger partial charge is 0.287 e. The fourth-order valence-electron chi connectivity index (χ4n) is 2.94. The summed E-state index contributed by atoms with van der Waals surface area (Å²) in [5.41, 5.74) is 1.31. The number of para-hydroxylation sites is 1. The van der Waals surface area contributed by atoms with Crippen LogP contribution in [0.1, 0.15) is 41.8 Å². The maximum atomic E-state index is 12.4. The van der Waals surface area contributed by atoms with Gasteiger partial charge in [0.05, 0.1) is 17.2 Å². The molecule has 0 bridgehead atoms. The van der Waals surface area contributed by atoms with Crippen LogP contribution in [0.15, 0.2) is 22.6 Å². The van der Waals surface area contributed by atoms with Crippen molar-refractivity contribution in [2.45, 2.75) is 44.8 Å². The van der Waals surface area contributed by atoms with Crippen LogP contribution in [0, 0.1) is 6.92 Å². The molecule has 1 aromatic heterocycles. The molecule has 1 saturated carbocycles. The predicted molar refractivity (Wildman–Crippen MR) is 81.7 cm³/mol. The van der Waals surface area contributed by atoms with Crippen molar-refractivity contribution in [3.8, 4) is 0 Å². The van der Waals surface area contributed by atoms with Gasteiger partial charge in [-0.2, -0.15) is 0 Å². The summed E-state index contributed by atoms with van der Waals surface area (Å²) in [6, 6.07) is 5.25. The number of aliphatic hydroxyl groups is 1. The zero-order chi connectivity index (χ0) is 15.0. The minimum atomic E-state index is -0.476. The average molecular weight is 308 g/mol. The van der Waals surface area contributed by atoms with Crippen LogP contribution in [0.3, 0.4) is 0 Å². The van der Waals surface area contributed by atoms with Crippen LogP contribution in [0.2, 0.25) is 5.02 Å². The molecule has 2 atom stereocenters. The molecule has 1 amide bonds. The molecule has 0 aliphatic heterocycles. The van der Waals surface area contributed by atoms with E-state index in [0.29, 0.717) is 10.6 Å². The molecule has 4 nitrogen and oxygen atoms in total. The molecule has 112 valence electrons. The predicted octanol–water partition coefficient (Wildman–Crippen LogP) is 3.43. The third-order valence-corrected chi connectivity index (χ3v) is 4.47. The van der Waals surface area contributed by atoms with E-state index in [4.69, 9.17) is 16.0 Å². The summed E-state index contributed by atoms with van der Waals surface area (Å²) < 4.78 is 5.64. The van der Waals surface area contributed by atoms with Gasteiger partial charge in [0.1, 0.15) is 0 Å². The maximum Gasteiger partial charge on any atom is 0.287 e. The van der Waals surface area contributed by atoms with Crippen LogP contribution in [0.5, 0.6) is 0 Å². The van der Waals surface area contributed by atoms with Crippen LogP contribution >= 0.6 is 11.6 Å². The molecular weight excluding hydrogens is 290 g/mol. The number of rotatable bonds is 2. The third kappa shape index (κ3) is 2.65. The number of aliphatic hydroxyl groups excluding tert-OH is 1. The van der Waals surface area contributed by atoms with Gasteiger partial charge in [-0.3, -0.25) is 4.79 Å². The van der Waals surface area contributed by atoms with Crippen molar-refractivity contribution in [3.05, 3.63) is 34.5 Å². The molecule has 5 heteroatoms. The van der Waals surface area contributed by atoms with Crippen molar-refractivity contribution >= 4 is 28.5 Å². The Labute approximate surface area is 128 Å². The highest BCUT2D eigenvalue weighted by atomic mass is 35.5. The van der Waals surface area contributed by atoms with Crippen LogP contribution < -0.4 is 5.32 Å². The Morgan fingerprint density at radius 3 is 2.86 bits per heavy atom. The van der Waals surface area contributed by atoms with E-state index in [-0.39, 0.29) is 17.7 Å². The monoisotopic (exact) mass is 307 g/mol. The molecule has 1 heterocycles. The van der Waals surface area contributed by atoms with Gasteiger partial charge in [0.25, 0.3) is 5.91 Å². The molecule has 2 N–H and O–H groups in total. The number of fused-ring (bicyclic) bond motifs is 1. The summed E-state index contributed by atoms with van der Waals surface area (Å²) in [6.45, 7) is 1.84. The minimum Gasteiger partial charge on any atom is -0.449 e. The zero-order valence-electron chi connectivity index (χ0n) is 11.9. The van der Waals surface area contributed by atoms with Crippen LogP contribution in [-0.4, -0.2) is 23.2 Å². The summed E-state index contributed by atoms with van der Waals surface area (Å²) in [4.78, 5) is 12.4. The minimum absolute atomic E-state index is 0.200. The lowest BCUT2D eigenvalue weighted by molar-refractivity contribution is 0.0699. The second kappa shape index (κ2) is 5.70. The molecular formula is C16H18ClNO3. The van der Waals surface area contributed by atoms with Gasteiger partial charge in [-0.15, -0.1) is 0 Å². The first-order chi connectivity index (χ1) is 10.1. The van der Waals surface area contributed by atoms with Crippen molar-refractivity contribution in [1.29, 1.82) is 0 Å². The number of hydrogen-bond donors (Lipinski definition) is 2. The van der Waals surface area contributed by atoms with Crippen molar-refractivity contribution in [3.63, 3.8) is 0 Å². The van der Waals surface area contributed by atoms with Crippen molar-refractivity contribution < 1.29 is 14.3 Å². The number of carbonyl (C=O) groups excluding carboxylic acids is 1. The average Bonchev–Trinajstić information content (AvgIpc) is 2.81. The second-order valence-corrected chi connectivity index (χ2v) is 6.01. The number of benzene rings is 1. The number of furan rings is 1. The van der Waals surface area contributed by atoms with E-state index in [1.54, 1.807) is 6.07 Å². The fraction of sp³-hybridized carbons (Fsp3) is 0.438. The van der Waals surface area contributed by atoms with Gasteiger partial charge in [0.15, 0.2) is 11.3 Å². The van der Waals surface area contributed by atoms with Gasteiger partial charge in [-0.25, -0.2) is 0 Å².